The van der Waals surface area contributed by atoms with Crippen molar-refractivity contribution in [3.05, 3.63) is 0 Å². The Kier molecular flexibility index (Phi) is 2.89. The molecule has 2 nitrogen and oxygen atoms in total. The molecule has 0 spiro atoms. The maximum absolute atomic E-state index is 11.2. The van der Waals surface area contributed by atoms with Crippen LogP contribution in [0.3, 0.4) is 0 Å². The van der Waals surface area contributed by atoms with Crippen molar-refractivity contribution in [1.82, 2.24) is 5.32 Å². The number of hydrogen-bond acceptors (Lipinski definition) is 2. The van der Waals surface area contributed by atoms with Crippen LogP contribution in [0.4, 0.5) is 0 Å². The molecular weight excluding hydrogens is 186 g/mol. The first-order valence-electron chi connectivity index (χ1n) is 6.21. The molecule has 15 heavy (non-hydrogen) atoms. The first-order chi connectivity index (χ1) is 7.08. The highest BCUT2D eigenvalue weighted by atomic mass is 16.1. The van der Waals surface area contributed by atoms with Gasteiger partial charge in [-0.25, -0.2) is 0 Å². The van der Waals surface area contributed by atoms with E-state index in [2.05, 4.69) is 26.2 Å². The van der Waals surface area contributed by atoms with Gasteiger partial charge in [-0.2, -0.15) is 0 Å². The van der Waals surface area contributed by atoms with E-state index in [-0.39, 0.29) is 5.41 Å². The monoisotopic (exact) mass is 209 g/mol. The second kappa shape index (κ2) is 3.89. The number of aldehydes is 1. The first kappa shape index (κ1) is 11.1. The highest BCUT2D eigenvalue weighted by Gasteiger charge is 2.44. The highest BCUT2D eigenvalue weighted by Crippen LogP contribution is 2.49. The summed E-state index contributed by atoms with van der Waals surface area (Å²) in [7, 11) is 2.06. The minimum Gasteiger partial charge on any atom is -0.316 e. The van der Waals surface area contributed by atoms with Gasteiger partial charge in [-0.15, -0.1) is 0 Å². The molecule has 2 aliphatic carbocycles. The molecule has 2 aliphatic rings. The van der Waals surface area contributed by atoms with E-state index in [4.69, 9.17) is 0 Å². The summed E-state index contributed by atoms with van der Waals surface area (Å²) in [6, 6.07) is 0.626. The lowest BCUT2D eigenvalue weighted by molar-refractivity contribution is -0.120. The largest absolute Gasteiger partial charge is 0.316 e. The molecule has 2 fully saturated rings. The Morgan fingerprint density at radius 2 is 2.07 bits per heavy atom. The number of rotatable bonds is 2. The van der Waals surface area contributed by atoms with Crippen LogP contribution in [0.15, 0.2) is 0 Å². The Morgan fingerprint density at radius 1 is 1.33 bits per heavy atom. The topological polar surface area (TPSA) is 29.1 Å². The molecule has 0 aromatic rings. The van der Waals surface area contributed by atoms with Crippen LogP contribution in [0.5, 0.6) is 0 Å². The molecule has 0 aromatic heterocycles. The summed E-state index contributed by atoms with van der Waals surface area (Å²) in [6.45, 7) is 4.49. The molecular formula is C13H23NO. The maximum Gasteiger partial charge on any atom is 0.125 e. The maximum atomic E-state index is 11.2. The number of carbonyl (C=O) groups excluding carboxylic acids is 1. The Labute approximate surface area is 92.8 Å². The van der Waals surface area contributed by atoms with Gasteiger partial charge in [-0.1, -0.05) is 13.8 Å². The SMILES string of the molecule is CNC1C(C)CC2CC1CC(C)(C=O)C2. The van der Waals surface area contributed by atoms with E-state index in [1.807, 2.05) is 0 Å². The van der Waals surface area contributed by atoms with Gasteiger partial charge in [0, 0.05) is 11.5 Å². The van der Waals surface area contributed by atoms with Crippen LogP contribution in [-0.2, 0) is 4.79 Å². The molecule has 0 amide bonds. The third kappa shape index (κ3) is 1.96. The van der Waals surface area contributed by atoms with Gasteiger partial charge in [0.05, 0.1) is 0 Å². The van der Waals surface area contributed by atoms with Gasteiger partial charge in [0.2, 0.25) is 0 Å². The Morgan fingerprint density at radius 3 is 2.67 bits per heavy atom. The van der Waals surface area contributed by atoms with Crippen LogP contribution in [-0.4, -0.2) is 19.4 Å². The fourth-order valence-corrected chi connectivity index (χ4v) is 4.14. The van der Waals surface area contributed by atoms with Crippen molar-refractivity contribution in [3.8, 4) is 0 Å². The lowest BCUT2D eigenvalue weighted by Gasteiger charge is -2.49. The Bertz CT molecular complexity index is 251. The van der Waals surface area contributed by atoms with Crippen LogP contribution in [0, 0.1) is 23.2 Å². The van der Waals surface area contributed by atoms with Crippen molar-refractivity contribution in [3.63, 3.8) is 0 Å². The average Bonchev–Trinajstić information content (AvgIpc) is 2.17. The number of nitrogens with one attached hydrogen (secondary N) is 1. The summed E-state index contributed by atoms with van der Waals surface area (Å²) in [5.41, 5.74) is -0.0389. The molecule has 2 saturated carbocycles. The van der Waals surface area contributed by atoms with Gasteiger partial charge in [-0.05, 0) is 50.5 Å². The summed E-state index contributed by atoms with van der Waals surface area (Å²) in [5, 5.41) is 3.46. The summed E-state index contributed by atoms with van der Waals surface area (Å²) >= 11 is 0. The predicted molar refractivity (Wildman–Crippen MR) is 61.6 cm³/mol. The molecule has 0 radical (unpaired) electrons. The third-order valence-electron chi connectivity index (χ3n) is 4.56. The zero-order valence-corrected chi connectivity index (χ0v) is 10.1. The number of carbonyl (C=O) groups is 1. The molecule has 0 saturated heterocycles. The van der Waals surface area contributed by atoms with Crippen molar-refractivity contribution >= 4 is 6.29 Å². The summed E-state index contributed by atoms with van der Waals surface area (Å²) in [5.74, 6) is 2.28. The van der Waals surface area contributed by atoms with Crippen molar-refractivity contribution in [2.24, 2.45) is 23.2 Å². The molecule has 86 valence electrons. The fourth-order valence-electron chi connectivity index (χ4n) is 4.14. The van der Waals surface area contributed by atoms with E-state index in [0.29, 0.717) is 12.0 Å². The lowest BCUT2D eigenvalue weighted by Crippen LogP contribution is -2.50. The predicted octanol–water partition coefficient (Wildman–Crippen LogP) is 2.24. The first-order valence-corrected chi connectivity index (χ1v) is 6.21. The van der Waals surface area contributed by atoms with Gasteiger partial charge >= 0.3 is 0 Å². The molecule has 2 bridgehead atoms. The minimum absolute atomic E-state index is 0.0389. The molecule has 1 N–H and O–H groups in total. The van der Waals surface area contributed by atoms with Crippen molar-refractivity contribution in [2.45, 2.75) is 45.6 Å². The minimum atomic E-state index is -0.0389. The number of hydrogen-bond donors (Lipinski definition) is 1. The smallest absolute Gasteiger partial charge is 0.125 e. The molecule has 5 unspecified atom stereocenters. The Hall–Kier alpha value is -0.370. The van der Waals surface area contributed by atoms with Crippen LogP contribution >= 0.6 is 0 Å². The average molecular weight is 209 g/mol. The summed E-state index contributed by atoms with van der Waals surface area (Å²) in [6.07, 6.45) is 6.04. The van der Waals surface area contributed by atoms with Gasteiger partial charge < -0.3 is 10.1 Å². The van der Waals surface area contributed by atoms with E-state index < -0.39 is 0 Å². The van der Waals surface area contributed by atoms with Crippen molar-refractivity contribution in [2.75, 3.05) is 7.05 Å². The highest BCUT2D eigenvalue weighted by molar-refractivity contribution is 5.59. The normalized spacial score (nSPS) is 50.1. The van der Waals surface area contributed by atoms with Crippen LogP contribution in [0.1, 0.15) is 39.5 Å². The lowest BCUT2D eigenvalue weighted by atomic mass is 9.58. The Balaban J connectivity index is 2.15. The fraction of sp³-hybridized carbons (Fsp3) is 0.923. The molecule has 0 aromatic carbocycles. The zero-order valence-electron chi connectivity index (χ0n) is 10.1. The summed E-state index contributed by atoms with van der Waals surface area (Å²) < 4.78 is 0. The molecule has 5 atom stereocenters. The molecule has 2 rings (SSSR count). The van der Waals surface area contributed by atoms with Crippen molar-refractivity contribution in [1.29, 1.82) is 0 Å². The summed E-state index contributed by atoms with van der Waals surface area (Å²) in [4.78, 5) is 11.2. The third-order valence-corrected chi connectivity index (χ3v) is 4.56. The van der Waals surface area contributed by atoms with Crippen molar-refractivity contribution < 1.29 is 4.79 Å². The van der Waals surface area contributed by atoms with Gasteiger partial charge in [-0.3, -0.25) is 0 Å². The van der Waals surface area contributed by atoms with E-state index >= 15 is 0 Å². The molecule has 2 heteroatoms. The van der Waals surface area contributed by atoms with Crippen LogP contribution in [0.2, 0.25) is 0 Å². The van der Waals surface area contributed by atoms with E-state index in [1.165, 1.54) is 19.1 Å². The molecule has 0 heterocycles. The number of fused-ring (bicyclic) bond motifs is 2. The van der Waals surface area contributed by atoms with Gasteiger partial charge in [0.1, 0.15) is 6.29 Å². The zero-order chi connectivity index (χ0) is 11.1. The second-order valence-corrected chi connectivity index (χ2v) is 6.07. The van der Waals surface area contributed by atoms with Crippen LogP contribution in [0.25, 0.3) is 0 Å². The quantitative estimate of drug-likeness (QED) is 0.707. The molecule has 0 aliphatic heterocycles. The van der Waals surface area contributed by atoms with Crippen LogP contribution < -0.4 is 5.32 Å². The van der Waals surface area contributed by atoms with E-state index in [9.17, 15) is 4.79 Å². The standard InChI is InChI=1S/C13H23NO/c1-9-4-10-5-11(12(9)14-3)7-13(2,6-10)8-15/h8-12,14H,4-7H2,1-3H3. The van der Waals surface area contributed by atoms with Gasteiger partial charge in [0.15, 0.2) is 0 Å². The van der Waals surface area contributed by atoms with Gasteiger partial charge in [0.25, 0.3) is 0 Å². The van der Waals surface area contributed by atoms with E-state index in [1.54, 1.807) is 0 Å². The van der Waals surface area contributed by atoms with E-state index in [0.717, 1.165) is 24.7 Å². The second-order valence-electron chi connectivity index (χ2n) is 6.07.